The molecule has 2 N–H and O–H groups in total. The topological polar surface area (TPSA) is 84.5 Å². The maximum absolute atomic E-state index is 12.3. The molecule has 152 valence electrons. The van der Waals surface area contributed by atoms with Crippen molar-refractivity contribution in [2.45, 2.75) is 31.2 Å². The molecule has 0 spiro atoms. The van der Waals surface area contributed by atoms with Crippen molar-refractivity contribution in [1.29, 1.82) is 0 Å². The summed E-state index contributed by atoms with van der Waals surface area (Å²) in [6, 6.07) is 19.5. The number of ether oxygens (including phenoxy) is 1. The minimum Gasteiger partial charge on any atom is -0.484 e. The SMILES string of the molecule is CC(C)(C)NS(=O)(=O)c1ccc(NC(=O)COc2ccc3ccccc3c2)cc1. The number of anilines is 1. The molecule has 0 fully saturated rings. The Hall–Kier alpha value is -2.90. The first-order chi connectivity index (χ1) is 13.6. The molecule has 0 radical (unpaired) electrons. The van der Waals surface area contributed by atoms with Gasteiger partial charge in [-0.15, -0.1) is 0 Å². The quantitative estimate of drug-likeness (QED) is 0.642. The molecular weight excluding hydrogens is 388 g/mol. The van der Waals surface area contributed by atoms with Crippen LogP contribution in [0.3, 0.4) is 0 Å². The third-order valence-corrected chi connectivity index (χ3v) is 5.75. The standard InChI is InChI=1S/C22H24N2O4S/c1-22(2,3)24-29(26,27)20-12-9-18(10-13-20)23-21(25)15-28-19-11-8-16-6-4-5-7-17(16)14-19/h4-14,24H,15H2,1-3H3,(H,23,25). The maximum Gasteiger partial charge on any atom is 0.262 e. The van der Waals surface area contributed by atoms with E-state index in [1.807, 2.05) is 42.5 Å². The van der Waals surface area contributed by atoms with Gasteiger partial charge in [-0.2, -0.15) is 0 Å². The summed E-state index contributed by atoms with van der Waals surface area (Å²) in [7, 11) is -3.61. The first-order valence-corrected chi connectivity index (χ1v) is 10.7. The van der Waals surface area contributed by atoms with Gasteiger partial charge in [-0.05, 0) is 67.9 Å². The molecular formula is C22H24N2O4S. The van der Waals surface area contributed by atoms with E-state index in [1.165, 1.54) is 12.1 Å². The van der Waals surface area contributed by atoms with E-state index in [0.29, 0.717) is 11.4 Å². The number of carbonyl (C=O) groups excluding carboxylic acids is 1. The van der Waals surface area contributed by atoms with Crippen molar-refractivity contribution in [3.63, 3.8) is 0 Å². The van der Waals surface area contributed by atoms with E-state index in [0.717, 1.165) is 10.8 Å². The third-order valence-electron chi connectivity index (χ3n) is 3.98. The Labute approximate surface area is 170 Å². The zero-order chi connectivity index (χ0) is 21.1. The van der Waals surface area contributed by atoms with Crippen LogP contribution in [0, 0.1) is 0 Å². The molecule has 7 heteroatoms. The van der Waals surface area contributed by atoms with Crippen molar-refractivity contribution in [2.24, 2.45) is 0 Å². The predicted octanol–water partition coefficient (Wildman–Crippen LogP) is 3.93. The van der Waals surface area contributed by atoms with E-state index in [2.05, 4.69) is 10.0 Å². The van der Waals surface area contributed by atoms with Crippen molar-refractivity contribution in [2.75, 3.05) is 11.9 Å². The van der Waals surface area contributed by atoms with Gasteiger partial charge in [0.05, 0.1) is 4.90 Å². The number of hydrogen-bond donors (Lipinski definition) is 2. The van der Waals surface area contributed by atoms with Crippen molar-refractivity contribution in [3.05, 3.63) is 66.7 Å². The molecule has 0 aromatic heterocycles. The Morgan fingerprint density at radius 1 is 0.931 bits per heavy atom. The van der Waals surface area contributed by atoms with E-state index in [1.54, 1.807) is 32.9 Å². The van der Waals surface area contributed by atoms with Crippen LogP contribution in [0.25, 0.3) is 10.8 Å². The van der Waals surface area contributed by atoms with Crippen molar-refractivity contribution < 1.29 is 17.9 Å². The first-order valence-electron chi connectivity index (χ1n) is 9.18. The Bertz CT molecular complexity index is 1120. The Morgan fingerprint density at radius 2 is 1.59 bits per heavy atom. The maximum atomic E-state index is 12.3. The van der Waals surface area contributed by atoms with E-state index in [-0.39, 0.29) is 17.4 Å². The second kappa shape index (κ2) is 8.23. The highest BCUT2D eigenvalue weighted by atomic mass is 32.2. The van der Waals surface area contributed by atoms with Crippen LogP contribution in [0.2, 0.25) is 0 Å². The molecule has 0 bridgehead atoms. The molecule has 0 aliphatic carbocycles. The fourth-order valence-electron chi connectivity index (χ4n) is 2.78. The highest BCUT2D eigenvalue weighted by molar-refractivity contribution is 7.89. The zero-order valence-electron chi connectivity index (χ0n) is 16.6. The number of carbonyl (C=O) groups is 1. The molecule has 3 rings (SSSR count). The molecule has 3 aromatic rings. The molecule has 1 amide bonds. The van der Waals surface area contributed by atoms with E-state index in [4.69, 9.17) is 4.74 Å². The van der Waals surface area contributed by atoms with Gasteiger partial charge in [0, 0.05) is 11.2 Å². The van der Waals surface area contributed by atoms with Crippen LogP contribution >= 0.6 is 0 Å². The van der Waals surface area contributed by atoms with Gasteiger partial charge < -0.3 is 10.1 Å². The average Bonchev–Trinajstić information content (AvgIpc) is 2.65. The lowest BCUT2D eigenvalue weighted by molar-refractivity contribution is -0.118. The molecule has 0 aliphatic rings. The Kier molecular flexibility index (Phi) is 5.91. The Balaban J connectivity index is 1.59. The van der Waals surface area contributed by atoms with Gasteiger partial charge in [0.25, 0.3) is 5.91 Å². The monoisotopic (exact) mass is 412 g/mol. The summed E-state index contributed by atoms with van der Waals surface area (Å²) in [6.45, 7) is 5.17. The normalized spacial score (nSPS) is 12.0. The lowest BCUT2D eigenvalue weighted by Crippen LogP contribution is -2.40. The zero-order valence-corrected chi connectivity index (χ0v) is 17.4. The molecule has 0 atom stereocenters. The van der Waals surface area contributed by atoms with Crippen LogP contribution in [0.1, 0.15) is 20.8 Å². The van der Waals surface area contributed by atoms with Crippen molar-refractivity contribution >= 4 is 32.4 Å². The molecule has 0 aliphatic heterocycles. The second-order valence-electron chi connectivity index (χ2n) is 7.73. The van der Waals surface area contributed by atoms with Gasteiger partial charge in [0.1, 0.15) is 5.75 Å². The van der Waals surface area contributed by atoms with Gasteiger partial charge >= 0.3 is 0 Å². The Morgan fingerprint density at radius 3 is 2.24 bits per heavy atom. The number of amides is 1. The van der Waals surface area contributed by atoms with Crippen LogP contribution in [0.4, 0.5) is 5.69 Å². The third kappa shape index (κ3) is 5.79. The summed E-state index contributed by atoms with van der Waals surface area (Å²) in [5, 5.41) is 4.83. The highest BCUT2D eigenvalue weighted by Crippen LogP contribution is 2.21. The van der Waals surface area contributed by atoms with Crippen LogP contribution in [0.15, 0.2) is 71.6 Å². The summed E-state index contributed by atoms with van der Waals surface area (Å²) in [5.41, 5.74) is -0.0851. The summed E-state index contributed by atoms with van der Waals surface area (Å²) in [4.78, 5) is 12.3. The van der Waals surface area contributed by atoms with Gasteiger partial charge in [0.15, 0.2) is 6.61 Å². The molecule has 29 heavy (non-hydrogen) atoms. The van der Waals surface area contributed by atoms with E-state index >= 15 is 0 Å². The van der Waals surface area contributed by atoms with Crippen LogP contribution in [-0.4, -0.2) is 26.5 Å². The van der Waals surface area contributed by atoms with E-state index < -0.39 is 15.6 Å². The molecule has 0 heterocycles. The highest BCUT2D eigenvalue weighted by Gasteiger charge is 2.21. The number of benzene rings is 3. The number of hydrogen-bond acceptors (Lipinski definition) is 4. The first kappa shape index (κ1) is 20.8. The van der Waals surface area contributed by atoms with Crippen LogP contribution in [-0.2, 0) is 14.8 Å². The van der Waals surface area contributed by atoms with Crippen LogP contribution in [0.5, 0.6) is 5.75 Å². The van der Waals surface area contributed by atoms with E-state index in [9.17, 15) is 13.2 Å². The molecule has 0 saturated carbocycles. The summed E-state index contributed by atoms with van der Waals surface area (Å²) in [5.74, 6) is 0.273. The fourth-order valence-corrected chi connectivity index (χ4v) is 4.20. The van der Waals surface area contributed by atoms with Gasteiger partial charge in [-0.25, -0.2) is 13.1 Å². The number of fused-ring (bicyclic) bond motifs is 1. The summed E-state index contributed by atoms with van der Waals surface area (Å²) in [6.07, 6.45) is 0. The minimum atomic E-state index is -3.61. The number of nitrogens with one attached hydrogen (secondary N) is 2. The number of sulfonamides is 1. The van der Waals surface area contributed by atoms with Gasteiger partial charge in [-0.3, -0.25) is 4.79 Å². The van der Waals surface area contributed by atoms with Gasteiger partial charge in [-0.1, -0.05) is 30.3 Å². The van der Waals surface area contributed by atoms with Crippen molar-refractivity contribution in [3.8, 4) is 5.75 Å². The van der Waals surface area contributed by atoms with Gasteiger partial charge in [0.2, 0.25) is 10.0 Å². The largest absolute Gasteiger partial charge is 0.484 e. The molecule has 3 aromatic carbocycles. The predicted molar refractivity (Wildman–Crippen MR) is 115 cm³/mol. The molecule has 6 nitrogen and oxygen atoms in total. The van der Waals surface area contributed by atoms with Crippen LogP contribution < -0.4 is 14.8 Å². The smallest absolute Gasteiger partial charge is 0.262 e. The average molecular weight is 413 g/mol. The lowest BCUT2D eigenvalue weighted by atomic mass is 10.1. The summed E-state index contributed by atoms with van der Waals surface area (Å²) >= 11 is 0. The van der Waals surface area contributed by atoms with Crippen molar-refractivity contribution in [1.82, 2.24) is 4.72 Å². The summed E-state index contributed by atoms with van der Waals surface area (Å²) < 4.78 is 32.8. The lowest BCUT2D eigenvalue weighted by Gasteiger charge is -2.20. The minimum absolute atomic E-state index is 0.137. The second-order valence-corrected chi connectivity index (χ2v) is 9.41. The molecule has 0 unspecified atom stereocenters. The fraction of sp³-hybridized carbons (Fsp3) is 0.227. The molecule has 0 saturated heterocycles. The number of rotatable bonds is 6.